The SMILES string of the molecule is CCOc1ccccc1OCCCCCN(C)C(=O)N[C@H]1CCC[C@@H](Nc2nc(-c3c[nH]c4ncc(F)cc34)ncc2F)C1. The fraction of sp³-hybridized carbons (Fsp3) is 0.438. The van der Waals surface area contributed by atoms with Gasteiger partial charge in [0.25, 0.3) is 0 Å². The number of nitrogens with one attached hydrogen (secondary N) is 3. The number of rotatable bonds is 13. The molecule has 1 fully saturated rings. The highest BCUT2D eigenvalue weighted by Gasteiger charge is 2.26. The Morgan fingerprint density at radius 1 is 1.07 bits per heavy atom. The number of hydrogen-bond donors (Lipinski definition) is 3. The molecule has 0 unspecified atom stereocenters. The van der Waals surface area contributed by atoms with Crippen LogP contribution in [0.25, 0.3) is 22.4 Å². The molecule has 3 N–H and O–H groups in total. The van der Waals surface area contributed by atoms with Crippen molar-refractivity contribution in [2.24, 2.45) is 0 Å². The second kappa shape index (κ2) is 14.8. The Kier molecular flexibility index (Phi) is 10.4. The molecule has 3 heterocycles. The molecule has 1 aliphatic carbocycles. The molecule has 10 nitrogen and oxygen atoms in total. The normalized spacial score (nSPS) is 16.5. The maximum absolute atomic E-state index is 14.7. The van der Waals surface area contributed by atoms with Crippen molar-refractivity contribution in [3.05, 3.63) is 60.6 Å². The smallest absolute Gasteiger partial charge is 0.317 e. The number of para-hydroxylation sites is 2. The molecule has 12 heteroatoms. The van der Waals surface area contributed by atoms with Crippen LogP contribution in [0.5, 0.6) is 11.5 Å². The van der Waals surface area contributed by atoms with Gasteiger partial charge in [-0.15, -0.1) is 0 Å². The van der Waals surface area contributed by atoms with Gasteiger partial charge in [0.15, 0.2) is 29.0 Å². The Labute approximate surface area is 255 Å². The van der Waals surface area contributed by atoms with E-state index in [1.807, 2.05) is 31.2 Å². The molecule has 0 saturated heterocycles. The summed E-state index contributed by atoms with van der Waals surface area (Å²) in [6.07, 6.45) is 9.73. The van der Waals surface area contributed by atoms with Crippen LogP contribution >= 0.6 is 0 Å². The highest BCUT2D eigenvalue weighted by Crippen LogP contribution is 2.29. The molecule has 2 amide bonds. The predicted octanol–water partition coefficient (Wildman–Crippen LogP) is 6.31. The molecule has 1 saturated carbocycles. The summed E-state index contributed by atoms with van der Waals surface area (Å²) < 4.78 is 40.0. The second-order valence-corrected chi connectivity index (χ2v) is 11.0. The number of carbonyl (C=O) groups is 1. The number of nitrogens with zero attached hydrogens (tertiary/aromatic N) is 4. The largest absolute Gasteiger partial charge is 0.490 e. The fourth-order valence-electron chi connectivity index (χ4n) is 5.45. The molecule has 1 aromatic carbocycles. The van der Waals surface area contributed by atoms with Crippen molar-refractivity contribution in [3.8, 4) is 22.9 Å². The van der Waals surface area contributed by atoms with E-state index >= 15 is 0 Å². The zero-order valence-corrected chi connectivity index (χ0v) is 25.1. The summed E-state index contributed by atoms with van der Waals surface area (Å²) >= 11 is 0. The molecule has 0 bridgehead atoms. The van der Waals surface area contributed by atoms with Gasteiger partial charge < -0.3 is 30.0 Å². The second-order valence-electron chi connectivity index (χ2n) is 11.0. The number of H-pyrrole nitrogens is 1. The maximum atomic E-state index is 14.7. The van der Waals surface area contributed by atoms with Crippen LogP contribution in [0.15, 0.2) is 48.9 Å². The first kappa shape index (κ1) is 31.0. The highest BCUT2D eigenvalue weighted by atomic mass is 19.1. The van der Waals surface area contributed by atoms with Crippen molar-refractivity contribution < 1.29 is 23.0 Å². The number of hydrogen-bond acceptors (Lipinski definition) is 7. The van der Waals surface area contributed by atoms with Crippen LogP contribution < -0.4 is 20.1 Å². The average Bonchev–Trinajstić information content (AvgIpc) is 3.44. The summed E-state index contributed by atoms with van der Waals surface area (Å²) in [4.78, 5) is 30.1. The van der Waals surface area contributed by atoms with E-state index in [0.29, 0.717) is 42.8 Å². The van der Waals surface area contributed by atoms with E-state index in [0.717, 1.165) is 62.4 Å². The minimum Gasteiger partial charge on any atom is -0.490 e. The van der Waals surface area contributed by atoms with Crippen molar-refractivity contribution in [3.63, 3.8) is 0 Å². The van der Waals surface area contributed by atoms with E-state index in [1.165, 1.54) is 6.07 Å². The molecule has 0 radical (unpaired) electrons. The van der Waals surface area contributed by atoms with Gasteiger partial charge in [-0.3, -0.25) is 0 Å². The van der Waals surface area contributed by atoms with Gasteiger partial charge in [0.05, 0.1) is 25.6 Å². The minimum absolute atomic E-state index is 0.0398. The summed E-state index contributed by atoms with van der Waals surface area (Å²) in [6.45, 7) is 3.75. The number of amides is 2. The van der Waals surface area contributed by atoms with Gasteiger partial charge in [0.2, 0.25) is 0 Å². The lowest BCUT2D eigenvalue weighted by Crippen LogP contribution is -2.47. The van der Waals surface area contributed by atoms with Crippen LogP contribution in [-0.2, 0) is 0 Å². The van der Waals surface area contributed by atoms with Crippen LogP contribution in [0.2, 0.25) is 0 Å². The van der Waals surface area contributed by atoms with Crippen molar-refractivity contribution in [2.45, 2.75) is 64.0 Å². The standard InChI is InChI=1S/C32H39F2N7O3/c1-3-43-27-12-5-6-13-28(27)44-15-8-4-7-14-41(2)32(42)39-23-11-9-10-22(17-23)38-31-26(34)20-37-30(40-31)25-19-36-29-24(25)16-21(33)18-35-29/h5-6,12-13,16,18-20,22-23H,3-4,7-11,14-15,17H2,1-2H3,(H,35,36)(H,39,42)(H,37,38,40)/t22-,23+/m1/s1. The number of ether oxygens (including phenoxy) is 2. The lowest BCUT2D eigenvalue weighted by Gasteiger charge is -2.32. The first-order chi connectivity index (χ1) is 21.4. The first-order valence-electron chi connectivity index (χ1n) is 15.2. The molecule has 1 aliphatic rings. The van der Waals surface area contributed by atoms with Crippen LogP contribution in [-0.4, -0.2) is 69.8 Å². The zero-order valence-electron chi connectivity index (χ0n) is 25.1. The molecular formula is C32H39F2N7O3. The summed E-state index contributed by atoms with van der Waals surface area (Å²) in [5.41, 5.74) is 1.03. The highest BCUT2D eigenvalue weighted by molar-refractivity contribution is 5.91. The predicted molar refractivity (Wildman–Crippen MR) is 165 cm³/mol. The molecule has 44 heavy (non-hydrogen) atoms. The van der Waals surface area contributed by atoms with Gasteiger partial charge in [-0.25, -0.2) is 28.5 Å². The van der Waals surface area contributed by atoms with Crippen molar-refractivity contribution in [1.29, 1.82) is 0 Å². The van der Waals surface area contributed by atoms with Gasteiger partial charge in [0.1, 0.15) is 11.5 Å². The zero-order chi connectivity index (χ0) is 30.9. The number of carbonyl (C=O) groups excluding carboxylic acids is 1. The van der Waals surface area contributed by atoms with E-state index in [1.54, 1.807) is 18.1 Å². The van der Waals surface area contributed by atoms with E-state index in [-0.39, 0.29) is 29.8 Å². The number of aromatic amines is 1. The third-order valence-corrected chi connectivity index (χ3v) is 7.72. The molecule has 0 spiro atoms. The average molecular weight is 608 g/mol. The van der Waals surface area contributed by atoms with Gasteiger partial charge in [-0.05, 0) is 70.1 Å². The molecule has 2 atom stereocenters. The van der Waals surface area contributed by atoms with Gasteiger partial charge in [-0.2, -0.15) is 0 Å². The lowest BCUT2D eigenvalue weighted by molar-refractivity contribution is 0.198. The van der Waals surface area contributed by atoms with E-state index in [2.05, 4.69) is 30.6 Å². The topological polar surface area (TPSA) is 117 Å². The molecule has 234 valence electrons. The Hall–Kier alpha value is -4.48. The Morgan fingerprint density at radius 2 is 1.86 bits per heavy atom. The fourth-order valence-corrected chi connectivity index (χ4v) is 5.45. The number of aromatic nitrogens is 4. The summed E-state index contributed by atoms with van der Waals surface area (Å²) in [6, 6.07) is 8.76. The third-order valence-electron chi connectivity index (χ3n) is 7.72. The minimum atomic E-state index is -0.576. The monoisotopic (exact) mass is 607 g/mol. The van der Waals surface area contributed by atoms with Crippen LogP contribution in [0.3, 0.4) is 0 Å². The number of fused-ring (bicyclic) bond motifs is 1. The molecule has 3 aromatic heterocycles. The summed E-state index contributed by atoms with van der Waals surface area (Å²) in [5.74, 6) is 0.777. The molecule has 0 aliphatic heterocycles. The maximum Gasteiger partial charge on any atom is 0.317 e. The quantitative estimate of drug-likeness (QED) is 0.153. The lowest BCUT2D eigenvalue weighted by atomic mass is 9.91. The van der Waals surface area contributed by atoms with E-state index in [4.69, 9.17) is 9.47 Å². The number of anilines is 1. The molecule has 4 aromatic rings. The van der Waals surface area contributed by atoms with E-state index < -0.39 is 11.6 Å². The van der Waals surface area contributed by atoms with Crippen molar-refractivity contribution in [1.82, 2.24) is 30.2 Å². The number of halogens is 2. The van der Waals surface area contributed by atoms with Gasteiger partial charge in [0, 0.05) is 42.8 Å². The van der Waals surface area contributed by atoms with Gasteiger partial charge in [-0.1, -0.05) is 12.1 Å². The molecular weight excluding hydrogens is 568 g/mol. The summed E-state index contributed by atoms with van der Waals surface area (Å²) in [5, 5.41) is 6.86. The number of pyridine rings is 1. The Balaban J connectivity index is 1.07. The molecule has 5 rings (SSSR count). The Bertz CT molecular complexity index is 1550. The number of unbranched alkanes of at least 4 members (excludes halogenated alkanes) is 2. The van der Waals surface area contributed by atoms with Crippen LogP contribution in [0, 0.1) is 11.6 Å². The Morgan fingerprint density at radius 3 is 2.68 bits per heavy atom. The summed E-state index contributed by atoms with van der Waals surface area (Å²) in [7, 11) is 1.80. The number of benzene rings is 1. The van der Waals surface area contributed by atoms with Crippen LogP contribution in [0.1, 0.15) is 51.9 Å². The first-order valence-corrected chi connectivity index (χ1v) is 15.2. The van der Waals surface area contributed by atoms with Gasteiger partial charge >= 0.3 is 6.03 Å². The van der Waals surface area contributed by atoms with Crippen molar-refractivity contribution >= 4 is 22.9 Å². The van der Waals surface area contributed by atoms with Crippen molar-refractivity contribution in [2.75, 3.05) is 32.1 Å². The number of urea groups is 1. The van der Waals surface area contributed by atoms with Crippen LogP contribution in [0.4, 0.5) is 19.4 Å². The van der Waals surface area contributed by atoms with E-state index in [9.17, 15) is 13.6 Å². The third kappa shape index (κ3) is 7.91.